The van der Waals surface area contributed by atoms with Gasteiger partial charge in [-0.2, -0.15) is 5.10 Å². The molecule has 0 aliphatic rings. The third-order valence-electron chi connectivity index (χ3n) is 4.18. The highest BCUT2D eigenvalue weighted by molar-refractivity contribution is 6.30. The Bertz CT molecular complexity index is 1040. The van der Waals surface area contributed by atoms with Gasteiger partial charge in [-0.25, -0.2) is 0 Å². The van der Waals surface area contributed by atoms with Crippen LogP contribution in [-0.2, 0) is 6.54 Å². The average Bonchev–Trinajstić information content (AvgIpc) is 3.39. The van der Waals surface area contributed by atoms with Crippen LogP contribution >= 0.6 is 11.6 Å². The van der Waals surface area contributed by atoms with Crippen molar-refractivity contribution in [1.82, 2.24) is 15.5 Å². The molecule has 2 aromatic heterocycles. The number of nitrogens with one attached hydrogen (secondary N) is 2. The molecule has 134 valence electrons. The monoisotopic (exact) mass is 377 g/mol. The topological polar surface area (TPSA) is 70.9 Å². The smallest absolute Gasteiger partial charge is 0.251 e. The number of carbonyl (C=O) groups is 1. The Morgan fingerprint density at radius 3 is 2.48 bits per heavy atom. The van der Waals surface area contributed by atoms with Gasteiger partial charge in [0.15, 0.2) is 0 Å². The van der Waals surface area contributed by atoms with Gasteiger partial charge in [0, 0.05) is 16.1 Å². The van der Waals surface area contributed by atoms with Crippen molar-refractivity contribution in [1.29, 1.82) is 0 Å². The van der Waals surface area contributed by atoms with Gasteiger partial charge in [-0.05, 0) is 48.0 Å². The average molecular weight is 378 g/mol. The van der Waals surface area contributed by atoms with E-state index in [4.69, 9.17) is 16.0 Å². The molecule has 2 N–H and O–H groups in total. The fourth-order valence-corrected chi connectivity index (χ4v) is 2.85. The van der Waals surface area contributed by atoms with Gasteiger partial charge in [-0.3, -0.25) is 9.89 Å². The van der Waals surface area contributed by atoms with E-state index in [9.17, 15) is 4.79 Å². The quantitative estimate of drug-likeness (QED) is 0.518. The molecule has 0 unspecified atom stereocenters. The fourth-order valence-electron chi connectivity index (χ4n) is 2.72. The zero-order chi connectivity index (χ0) is 18.6. The van der Waals surface area contributed by atoms with Crippen molar-refractivity contribution >= 4 is 17.5 Å². The summed E-state index contributed by atoms with van der Waals surface area (Å²) < 4.78 is 5.21. The predicted molar refractivity (Wildman–Crippen MR) is 104 cm³/mol. The Kier molecular flexibility index (Phi) is 4.77. The van der Waals surface area contributed by atoms with Crippen LogP contribution < -0.4 is 5.32 Å². The maximum absolute atomic E-state index is 12.2. The number of halogens is 1. The van der Waals surface area contributed by atoms with Crippen molar-refractivity contribution in [2.24, 2.45) is 0 Å². The molecule has 5 nitrogen and oxygen atoms in total. The van der Waals surface area contributed by atoms with E-state index in [1.54, 1.807) is 24.5 Å². The first kappa shape index (κ1) is 17.1. The van der Waals surface area contributed by atoms with E-state index in [-0.39, 0.29) is 5.91 Å². The molecule has 0 radical (unpaired) electrons. The Hall–Kier alpha value is -3.31. The van der Waals surface area contributed by atoms with Crippen LogP contribution in [0.1, 0.15) is 16.1 Å². The summed E-state index contributed by atoms with van der Waals surface area (Å²) in [6.07, 6.45) is 1.58. The highest BCUT2D eigenvalue weighted by Crippen LogP contribution is 2.25. The molecule has 6 heteroatoms. The summed E-state index contributed by atoms with van der Waals surface area (Å²) in [6, 6.07) is 20.5. The number of furan rings is 1. The number of rotatable bonds is 5. The number of aromatic nitrogens is 2. The van der Waals surface area contributed by atoms with Crippen molar-refractivity contribution in [3.8, 4) is 22.5 Å². The van der Waals surface area contributed by atoms with Gasteiger partial charge < -0.3 is 9.73 Å². The number of amides is 1. The molecule has 0 spiro atoms. The third-order valence-corrected chi connectivity index (χ3v) is 4.43. The summed E-state index contributed by atoms with van der Waals surface area (Å²) in [4.78, 5) is 12.2. The van der Waals surface area contributed by atoms with Crippen LogP contribution in [0.3, 0.4) is 0 Å². The molecule has 0 bridgehead atoms. The number of hydrogen-bond donors (Lipinski definition) is 2. The minimum Gasteiger partial charge on any atom is -0.467 e. The van der Waals surface area contributed by atoms with E-state index >= 15 is 0 Å². The van der Waals surface area contributed by atoms with Gasteiger partial charge >= 0.3 is 0 Å². The van der Waals surface area contributed by atoms with E-state index < -0.39 is 0 Å². The van der Waals surface area contributed by atoms with E-state index in [2.05, 4.69) is 15.5 Å². The third kappa shape index (κ3) is 3.93. The predicted octanol–water partition coefficient (Wildman–Crippen LogP) is 4.92. The van der Waals surface area contributed by atoms with Crippen LogP contribution in [-0.4, -0.2) is 16.1 Å². The molecule has 27 heavy (non-hydrogen) atoms. The van der Waals surface area contributed by atoms with Crippen molar-refractivity contribution < 1.29 is 9.21 Å². The van der Waals surface area contributed by atoms with Crippen molar-refractivity contribution in [2.75, 3.05) is 0 Å². The van der Waals surface area contributed by atoms with Crippen LogP contribution in [0.5, 0.6) is 0 Å². The number of carbonyl (C=O) groups excluding carboxylic acids is 1. The molecule has 4 rings (SSSR count). The van der Waals surface area contributed by atoms with E-state index in [0.717, 1.165) is 22.5 Å². The Morgan fingerprint density at radius 1 is 1.04 bits per heavy atom. The number of aromatic amines is 1. The zero-order valence-corrected chi connectivity index (χ0v) is 15.0. The Balaban J connectivity index is 1.46. The van der Waals surface area contributed by atoms with Crippen molar-refractivity contribution in [2.45, 2.75) is 6.54 Å². The first-order chi connectivity index (χ1) is 13.2. The lowest BCUT2D eigenvalue weighted by molar-refractivity contribution is 0.0948. The molecule has 0 aliphatic heterocycles. The fraction of sp³-hybridized carbons (Fsp3) is 0.0476. The lowest BCUT2D eigenvalue weighted by atomic mass is 10.1. The zero-order valence-electron chi connectivity index (χ0n) is 14.3. The van der Waals surface area contributed by atoms with Gasteiger partial charge in [0.05, 0.1) is 24.2 Å². The largest absolute Gasteiger partial charge is 0.467 e. The summed E-state index contributed by atoms with van der Waals surface area (Å²) in [7, 11) is 0. The number of hydrogen-bond acceptors (Lipinski definition) is 3. The van der Waals surface area contributed by atoms with Crippen LogP contribution in [0.2, 0.25) is 5.02 Å². The first-order valence-corrected chi connectivity index (χ1v) is 8.79. The molecule has 2 aromatic carbocycles. The van der Waals surface area contributed by atoms with Crippen molar-refractivity contribution in [3.63, 3.8) is 0 Å². The van der Waals surface area contributed by atoms with Gasteiger partial charge in [0.2, 0.25) is 0 Å². The van der Waals surface area contributed by atoms with Crippen molar-refractivity contribution in [3.05, 3.63) is 89.3 Å². The lowest BCUT2D eigenvalue weighted by Gasteiger charge is -2.04. The second-order valence-corrected chi connectivity index (χ2v) is 6.45. The summed E-state index contributed by atoms with van der Waals surface area (Å²) in [6.45, 7) is 0.359. The molecule has 2 heterocycles. The minimum absolute atomic E-state index is 0.151. The Morgan fingerprint density at radius 2 is 1.78 bits per heavy atom. The second kappa shape index (κ2) is 7.51. The molecule has 0 atom stereocenters. The van der Waals surface area contributed by atoms with E-state index in [0.29, 0.717) is 22.9 Å². The Labute approximate surface area is 161 Å². The van der Waals surface area contributed by atoms with Gasteiger partial charge in [0.25, 0.3) is 5.91 Å². The normalized spacial score (nSPS) is 10.7. The maximum Gasteiger partial charge on any atom is 0.251 e. The van der Waals surface area contributed by atoms with E-state index in [1.807, 2.05) is 48.5 Å². The number of nitrogens with zero attached hydrogens (tertiary/aromatic N) is 1. The van der Waals surface area contributed by atoms with Gasteiger partial charge in [-0.1, -0.05) is 35.9 Å². The molecule has 0 aliphatic carbocycles. The summed E-state index contributed by atoms with van der Waals surface area (Å²) in [5.41, 5.74) is 4.23. The maximum atomic E-state index is 12.2. The van der Waals surface area contributed by atoms with Crippen LogP contribution in [0, 0.1) is 0 Å². The highest BCUT2D eigenvalue weighted by atomic mass is 35.5. The SMILES string of the molecule is O=C(NCc1ccco1)c1ccc(-c2cc(-c3ccc(Cl)cc3)[nH]n2)cc1. The molecule has 4 aromatic rings. The molecule has 1 amide bonds. The van der Waals surface area contributed by atoms with E-state index in [1.165, 1.54) is 0 Å². The lowest BCUT2D eigenvalue weighted by Crippen LogP contribution is -2.22. The standard InChI is InChI=1S/C21H16ClN3O2/c22-17-9-7-15(8-10-17)20-12-19(24-25-20)14-3-5-16(6-4-14)21(26)23-13-18-2-1-11-27-18/h1-12H,13H2,(H,23,26)(H,24,25). The summed E-state index contributed by atoms with van der Waals surface area (Å²) in [5, 5.41) is 10.9. The van der Waals surface area contributed by atoms with Gasteiger partial charge in [0.1, 0.15) is 5.76 Å². The molecule has 0 saturated carbocycles. The first-order valence-electron chi connectivity index (χ1n) is 8.41. The van der Waals surface area contributed by atoms with Crippen LogP contribution in [0.4, 0.5) is 0 Å². The highest BCUT2D eigenvalue weighted by Gasteiger charge is 2.09. The molecule has 0 fully saturated rings. The molecule has 0 saturated heterocycles. The summed E-state index contributed by atoms with van der Waals surface area (Å²) in [5.74, 6) is 0.563. The van der Waals surface area contributed by atoms with Crippen LogP contribution in [0.25, 0.3) is 22.5 Å². The second-order valence-electron chi connectivity index (χ2n) is 6.01. The molecular formula is C21H16ClN3O2. The summed E-state index contributed by atoms with van der Waals surface area (Å²) >= 11 is 5.93. The number of H-pyrrole nitrogens is 1. The minimum atomic E-state index is -0.151. The molecular weight excluding hydrogens is 362 g/mol. The van der Waals surface area contributed by atoms with Crippen LogP contribution in [0.15, 0.2) is 77.4 Å². The number of benzene rings is 2. The van der Waals surface area contributed by atoms with Gasteiger partial charge in [-0.15, -0.1) is 0 Å².